The molecule has 1 aliphatic rings. The maximum atomic E-state index is 12.9. The molecule has 0 aliphatic carbocycles. The minimum absolute atomic E-state index is 0.230. The summed E-state index contributed by atoms with van der Waals surface area (Å²) >= 11 is 0. The number of rotatable bonds is 5. The zero-order valence-corrected chi connectivity index (χ0v) is 19.7. The van der Waals surface area contributed by atoms with E-state index in [9.17, 15) is 4.79 Å². The van der Waals surface area contributed by atoms with E-state index < -0.39 is 6.17 Å². The number of nitriles is 1. The predicted octanol–water partition coefficient (Wildman–Crippen LogP) is 4.09. The van der Waals surface area contributed by atoms with Gasteiger partial charge in [-0.1, -0.05) is 74.5 Å². The first-order chi connectivity index (χ1) is 17.0. The molecule has 0 saturated carbocycles. The van der Waals surface area contributed by atoms with E-state index in [1.54, 1.807) is 36.4 Å². The van der Waals surface area contributed by atoms with Crippen molar-refractivity contribution >= 4 is 23.0 Å². The van der Waals surface area contributed by atoms with E-state index in [2.05, 4.69) is 16.7 Å². The Morgan fingerprint density at radius 3 is 2.31 bits per heavy atom. The fraction of sp³-hybridized carbons (Fsp3) is 0.107. The molecule has 6 N–H and O–H groups in total. The lowest BCUT2D eigenvalue weighted by atomic mass is 10.0. The number of hydrogen-bond donors (Lipinski definition) is 4. The van der Waals surface area contributed by atoms with E-state index in [1.807, 2.05) is 68.4 Å². The Balaban J connectivity index is 0.00000167. The Hall–Kier alpha value is -4.83. The molecule has 3 aromatic rings. The van der Waals surface area contributed by atoms with Crippen molar-refractivity contribution in [2.75, 3.05) is 5.32 Å². The minimum atomic E-state index is -0.937. The molecular formula is C28H28N6O. The monoisotopic (exact) mass is 464 g/mol. The van der Waals surface area contributed by atoms with E-state index in [0.717, 1.165) is 16.7 Å². The molecular weight excluding hydrogens is 436 g/mol. The second-order valence-electron chi connectivity index (χ2n) is 7.36. The van der Waals surface area contributed by atoms with Crippen LogP contribution in [0.15, 0.2) is 102 Å². The number of amides is 1. The van der Waals surface area contributed by atoms with Crippen LogP contribution in [0.1, 0.15) is 36.1 Å². The summed E-state index contributed by atoms with van der Waals surface area (Å²) in [5, 5.41) is 14.8. The van der Waals surface area contributed by atoms with Crippen molar-refractivity contribution < 1.29 is 4.79 Å². The number of benzene rings is 3. The molecule has 176 valence electrons. The van der Waals surface area contributed by atoms with Gasteiger partial charge >= 0.3 is 0 Å². The molecule has 1 atom stereocenters. The molecule has 1 heterocycles. The van der Waals surface area contributed by atoms with Crippen molar-refractivity contribution in [2.24, 2.45) is 16.5 Å². The summed E-state index contributed by atoms with van der Waals surface area (Å²) in [5.41, 5.74) is 17.1. The van der Waals surface area contributed by atoms with Crippen LogP contribution in [0.2, 0.25) is 0 Å². The highest BCUT2D eigenvalue weighted by Crippen LogP contribution is 2.23. The zero-order valence-electron chi connectivity index (χ0n) is 19.7. The van der Waals surface area contributed by atoms with Gasteiger partial charge in [-0.2, -0.15) is 5.26 Å². The van der Waals surface area contributed by atoms with Crippen molar-refractivity contribution in [1.29, 1.82) is 5.26 Å². The molecule has 35 heavy (non-hydrogen) atoms. The van der Waals surface area contributed by atoms with E-state index in [-0.39, 0.29) is 11.7 Å². The number of fused-ring (bicyclic) bond motifs is 1. The Morgan fingerprint density at radius 2 is 1.63 bits per heavy atom. The second-order valence-corrected chi connectivity index (χ2v) is 7.36. The smallest absolute Gasteiger partial charge is 0.269 e. The average molecular weight is 465 g/mol. The molecule has 0 saturated heterocycles. The molecule has 0 aromatic heterocycles. The number of nitrogens with two attached hydrogens (primary N) is 2. The van der Waals surface area contributed by atoms with Gasteiger partial charge in [-0.3, -0.25) is 4.79 Å². The highest BCUT2D eigenvalue weighted by atomic mass is 16.2. The number of hydrogen-bond acceptors (Lipinski definition) is 6. The maximum absolute atomic E-state index is 12.9. The number of aliphatic imine (C=N–C) groups is 1. The van der Waals surface area contributed by atoms with E-state index in [1.165, 1.54) is 0 Å². The number of nitrogens with one attached hydrogen (secondary N) is 2. The summed E-state index contributed by atoms with van der Waals surface area (Å²) in [4.78, 5) is 17.6. The topological polar surface area (TPSA) is 129 Å². The molecule has 7 heteroatoms. The van der Waals surface area contributed by atoms with Crippen molar-refractivity contribution in [3.05, 3.63) is 119 Å². The van der Waals surface area contributed by atoms with E-state index in [4.69, 9.17) is 21.7 Å². The van der Waals surface area contributed by atoms with Gasteiger partial charge in [0.25, 0.3) is 5.91 Å². The fourth-order valence-corrected chi connectivity index (χ4v) is 3.40. The molecule has 3 aromatic carbocycles. The number of allylic oxidation sites excluding steroid dienone is 2. The van der Waals surface area contributed by atoms with Gasteiger partial charge in [0.2, 0.25) is 6.17 Å². The number of nitrogens with zero attached hydrogens (tertiary/aromatic N) is 2. The Bertz CT molecular complexity index is 1300. The van der Waals surface area contributed by atoms with Crippen LogP contribution in [-0.4, -0.2) is 17.8 Å². The number of carbonyl (C=O) groups excluding carboxylic acids is 1. The zero-order chi connectivity index (χ0) is 25.2. The number of carbonyl (C=O) groups is 1. The molecule has 0 fully saturated rings. The summed E-state index contributed by atoms with van der Waals surface area (Å²) < 4.78 is 0. The van der Waals surface area contributed by atoms with Crippen LogP contribution < -0.4 is 22.1 Å². The third-order valence-corrected chi connectivity index (χ3v) is 5.09. The lowest BCUT2D eigenvalue weighted by Crippen LogP contribution is -2.40. The summed E-state index contributed by atoms with van der Waals surface area (Å²) in [6.45, 7) is 4.00. The van der Waals surface area contributed by atoms with Crippen LogP contribution in [0.4, 0.5) is 5.69 Å². The highest BCUT2D eigenvalue weighted by molar-refractivity contribution is 6.19. The lowest BCUT2D eigenvalue weighted by Gasteiger charge is -2.14. The van der Waals surface area contributed by atoms with Gasteiger partial charge in [0.15, 0.2) is 0 Å². The number of anilines is 1. The van der Waals surface area contributed by atoms with Gasteiger partial charge in [-0.05, 0) is 35.9 Å². The molecule has 0 spiro atoms. The third-order valence-electron chi connectivity index (χ3n) is 5.09. The molecule has 1 aliphatic heterocycles. The summed E-state index contributed by atoms with van der Waals surface area (Å²) in [5.74, 6) is -0.0948. The van der Waals surface area contributed by atoms with Crippen molar-refractivity contribution in [3.8, 4) is 6.07 Å². The Labute approximate surface area is 205 Å². The van der Waals surface area contributed by atoms with Crippen LogP contribution in [-0.2, 0) is 4.79 Å². The van der Waals surface area contributed by atoms with Crippen molar-refractivity contribution in [2.45, 2.75) is 20.0 Å². The summed E-state index contributed by atoms with van der Waals surface area (Å²) in [7, 11) is 0. The van der Waals surface area contributed by atoms with Crippen LogP contribution in [0, 0.1) is 11.3 Å². The lowest BCUT2D eigenvalue weighted by molar-refractivity contribution is -0.117. The van der Waals surface area contributed by atoms with Gasteiger partial charge in [0.1, 0.15) is 0 Å². The predicted molar refractivity (Wildman–Crippen MR) is 141 cm³/mol. The van der Waals surface area contributed by atoms with Gasteiger partial charge in [0, 0.05) is 16.8 Å². The van der Waals surface area contributed by atoms with Gasteiger partial charge in [-0.25, -0.2) is 4.99 Å². The van der Waals surface area contributed by atoms with E-state index >= 15 is 0 Å². The first-order valence-corrected chi connectivity index (χ1v) is 11.3. The molecule has 1 amide bonds. The standard InChI is InChI=1S/C26H22N6O.C2H6/c27-16-17-10-12-18(13-11-17)21(28)14-15-23(29)31-25-26(33)30-22-9-5-4-8-20(22)24(32-25)19-6-2-1-3-7-19;1-2/h1-15,25,31H,28-29H2,(H,30,33);1-2H3/b21-14-,23-15+;. The quantitative estimate of drug-likeness (QED) is 0.423. The van der Waals surface area contributed by atoms with Gasteiger partial charge in [0.05, 0.1) is 28.9 Å². The summed E-state index contributed by atoms with van der Waals surface area (Å²) in [6, 6.07) is 26.2. The van der Waals surface area contributed by atoms with Crippen LogP contribution >= 0.6 is 0 Å². The molecule has 0 radical (unpaired) electrons. The van der Waals surface area contributed by atoms with Crippen LogP contribution in [0.25, 0.3) is 5.70 Å². The Kier molecular flexibility index (Phi) is 8.41. The van der Waals surface area contributed by atoms with Crippen molar-refractivity contribution in [1.82, 2.24) is 5.32 Å². The van der Waals surface area contributed by atoms with E-state index in [0.29, 0.717) is 22.7 Å². The molecule has 0 bridgehead atoms. The SMILES string of the molecule is CC.N#Cc1ccc(/C(N)=C/C=C(\N)NC2N=C(c3ccccc3)c3ccccc3NC2=O)cc1. The normalized spacial score (nSPS) is 15.3. The highest BCUT2D eigenvalue weighted by Gasteiger charge is 2.25. The molecule has 1 unspecified atom stereocenters. The molecule has 4 rings (SSSR count). The minimum Gasteiger partial charge on any atom is -0.398 e. The fourth-order valence-electron chi connectivity index (χ4n) is 3.40. The van der Waals surface area contributed by atoms with Crippen LogP contribution in [0.3, 0.4) is 0 Å². The maximum Gasteiger partial charge on any atom is 0.269 e. The number of para-hydroxylation sites is 1. The van der Waals surface area contributed by atoms with Crippen LogP contribution in [0.5, 0.6) is 0 Å². The van der Waals surface area contributed by atoms with Gasteiger partial charge in [-0.15, -0.1) is 0 Å². The summed E-state index contributed by atoms with van der Waals surface area (Å²) in [6.07, 6.45) is 2.28. The van der Waals surface area contributed by atoms with Crippen molar-refractivity contribution in [3.63, 3.8) is 0 Å². The largest absolute Gasteiger partial charge is 0.398 e. The van der Waals surface area contributed by atoms with Gasteiger partial charge < -0.3 is 22.1 Å². The third kappa shape index (κ3) is 6.15. The first kappa shape index (κ1) is 24.8. The molecule has 7 nitrogen and oxygen atoms in total. The first-order valence-electron chi connectivity index (χ1n) is 11.3. The number of benzodiazepines with no additional fused rings is 1. The average Bonchev–Trinajstić information content (AvgIpc) is 3.05. The Morgan fingerprint density at radius 1 is 0.971 bits per heavy atom. The second kappa shape index (κ2) is 11.9.